The van der Waals surface area contributed by atoms with E-state index in [0.717, 1.165) is 18.2 Å². The number of fused-ring (bicyclic) bond motifs is 1. The number of benzene rings is 1. The number of amides is 1. The Labute approximate surface area is 126 Å². The van der Waals surface area contributed by atoms with Crippen molar-refractivity contribution in [2.75, 3.05) is 13.7 Å². The molecule has 1 fully saturated rings. The summed E-state index contributed by atoms with van der Waals surface area (Å²) in [7, 11) is 1.57. The van der Waals surface area contributed by atoms with E-state index in [1.807, 2.05) is 6.07 Å². The van der Waals surface area contributed by atoms with Gasteiger partial charge in [0.25, 0.3) is 12.3 Å². The number of aromatic nitrogens is 1. The summed E-state index contributed by atoms with van der Waals surface area (Å²) >= 11 is 0. The number of carbonyl (C=O) groups is 1. The highest BCUT2D eigenvalue weighted by Crippen LogP contribution is 2.29. The Morgan fingerprint density at radius 2 is 2.14 bits per heavy atom. The number of pyridine rings is 1. The van der Waals surface area contributed by atoms with Crippen molar-refractivity contribution in [1.29, 1.82) is 0 Å². The molecule has 1 heterocycles. The zero-order valence-corrected chi connectivity index (χ0v) is 12.1. The minimum atomic E-state index is -2.53. The highest BCUT2D eigenvalue weighted by molar-refractivity contribution is 5.95. The van der Waals surface area contributed by atoms with Crippen LogP contribution in [0.4, 0.5) is 8.78 Å². The summed E-state index contributed by atoms with van der Waals surface area (Å²) in [5, 5.41) is 0.836. The summed E-state index contributed by atoms with van der Waals surface area (Å²) < 4.78 is 30.4. The van der Waals surface area contributed by atoms with Crippen molar-refractivity contribution in [3.63, 3.8) is 0 Å². The van der Waals surface area contributed by atoms with Gasteiger partial charge < -0.3 is 9.64 Å². The number of halogens is 2. The molecule has 1 aliphatic carbocycles. The van der Waals surface area contributed by atoms with Crippen molar-refractivity contribution in [2.24, 2.45) is 0 Å². The molecule has 2 aromatic rings. The molecule has 0 atom stereocenters. The van der Waals surface area contributed by atoms with Crippen LogP contribution in [0.2, 0.25) is 0 Å². The first-order valence-corrected chi connectivity index (χ1v) is 7.12. The molecule has 116 valence electrons. The molecule has 1 aliphatic rings. The Morgan fingerprint density at radius 3 is 2.77 bits per heavy atom. The summed E-state index contributed by atoms with van der Waals surface area (Å²) in [6.07, 6.45) is -0.971. The van der Waals surface area contributed by atoms with Gasteiger partial charge in [0.1, 0.15) is 11.4 Å². The van der Waals surface area contributed by atoms with Gasteiger partial charge in [0.05, 0.1) is 19.2 Å². The fourth-order valence-corrected chi connectivity index (χ4v) is 2.43. The van der Waals surface area contributed by atoms with E-state index < -0.39 is 18.9 Å². The largest absolute Gasteiger partial charge is 0.497 e. The number of hydrogen-bond donors (Lipinski definition) is 0. The zero-order chi connectivity index (χ0) is 15.7. The molecule has 6 heteroatoms. The fraction of sp³-hybridized carbons (Fsp3) is 0.375. The van der Waals surface area contributed by atoms with Crippen molar-refractivity contribution in [1.82, 2.24) is 9.88 Å². The first kappa shape index (κ1) is 14.7. The van der Waals surface area contributed by atoms with Gasteiger partial charge in [-0.15, -0.1) is 0 Å². The maximum absolute atomic E-state index is 12.7. The number of ether oxygens (including phenoxy) is 1. The predicted octanol–water partition coefficient (Wildman–Crippen LogP) is 3.11. The Morgan fingerprint density at radius 1 is 1.36 bits per heavy atom. The van der Waals surface area contributed by atoms with Crippen molar-refractivity contribution >= 4 is 16.8 Å². The van der Waals surface area contributed by atoms with E-state index in [0.29, 0.717) is 11.3 Å². The van der Waals surface area contributed by atoms with Gasteiger partial charge in [0, 0.05) is 11.4 Å². The highest BCUT2D eigenvalue weighted by atomic mass is 19.3. The minimum absolute atomic E-state index is 0.0742. The second kappa shape index (κ2) is 5.87. The van der Waals surface area contributed by atoms with Crippen LogP contribution in [0.5, 0.6) is 5.75 Å². The van der Waals surface area contributed by atoms with E-state index in [-0.39, 0.29) is 11.7 Å². The Kier molecular flexibility index (Phi) is 3.92. The van der Waals surface area contributed by atoms with E-state index in [9.17, 15) is 13.6 Å². The van der Waals surface area contributed by atoms with Crippen LogP contribution in [0.3, 0.4) is 0 Å². The topological polar surface area (TPSA) is 42.4 Å². The van der Waals surface area contributed by atoms with Crippen LogP contribution in [0.1, 0.15) is 23.3 Å². The standard InChI is InChI=1S/C16H16F2N2O2/c1-22-12-5-7-13-10(8-12)2-6-14(19-13)16(21)20(9-15(17)18)11-3-4-11/h2,5-8,11,15H,3-4,9H2,1H3. The van der Waals surface area contributed by atoms with Crippen LogP contribution in [0.25, 0.3) is 10.9 Å². The minimum Gasteiger partial charge on any atom is -0.497 e. The van der Waals surface area contributed by atoms with Crippen LogP contribution >= 0.6 is 0 Å². The molecule has 0 aliphatic heterocycles. The van der Waals surface area contributed by atoms with Crippen LogP contribution in [0, 0.1) is 0 Å². The number of methoxy groups -OCH3 is 1. The van der Waals surface area contributed by atoms with Gasteiger partial charge in [-0.2, -0.15) is 0 Å². The first-order chi connectivity index (χ1) is 10.6. The second-order valence-corrected chi connectivity index (χ2v) is 5.33. The summed E-state index contributed by atoms with van der Waals surface area (Å²) in [6, 6.07) is 8.57. The molecule has 3 rings (SSSR count). The smallest absolute Gasteiger partial charge is 0.272 e. The van der Waals surface area contributed by atoms with Gasteiger partial charge in [-0.25, -0.2) is 13.8 Å². The molecule has 4 nitrogen and oxygen atoms in total. The lowest BCUT2D eigenvalue weighted by atomic mass is 10.2. The van der Waals surface area contributed by atoms with Crippen LogP contribution < -0.4 is 4.74 Å². The Bertz CT molecular complexity index is 702. The number of rotatable bonds is 5. The molecule has 0 N–H and O–H groups in total. The first-order valence-electron chi connectivity index (χ1n) is 7.12. The van der Waals surface area contributed by atoms with E-state index in [1.165, 1.54) is 4.90 Å². The molecule has 1 amide bonds. The molecule has 1 aromatic heterocycles. The molecular formula is C16H16F2N2O2. The maximum Gasteiger partial charge on any atom is 0.272 e. The number of alkyl halides is 2. The summed E-state index contributed by atoms with van der Waals surface area (Å²) in [5.41, 5.74) is 0.838. The third-order valence-electron chi connectivity index (χ3n) is 3.70. The van der Waals surface area contributed by atoms with Crippen molar-refractivity contribution in [2.45, 2.75) is 25.3 Å². The van der Waals surface area contributed by atoms with E-state index in [1.54, 1.807) is 31.4 Å². The number of nitrogens with zero attached hydrogens (tertiary/aromatic N) is 2. The summed E-state index contributed by atoms with van der Waals surface area (Å²) in [6.45, 7) is -0.536. The zero-order valence-electron chi connectivity index (χ0n) is 12.1. The molecule has 0 radical (unpaired) electrons. The Hall–Kier alpha value is -2.24. The normalized spacial score (nSPS) is 14.4. The maximum atomic E-state index is 12.7. The molecule has 22 heavy (non-hydrogen) atoms. The van der Waals surface area contributed by atoms with Gasteiger partial charge in [0.2, 0.25) is 0 Å². The molecule has 0 bridgehead atoms. The lowest BCUT2D eigenvalue weighted by Crippen LogP contribution is -2.37. The summed E-state index contributed by atoms with van der Waals surface area (Å²) in [4.78, 5) is 18.0. The average Bonchev–Trinajstić information content (AvgIpc) is 3.35. The molecule has 0 spiro atoms. The summed E-state index contributed by atoms with van der Waals surface area (Å²) in [5.74, 6) is 0.270. The van der Waals surface area contributed by atoms with Crippen LogP contribution in [-0.4, -0.2) is 41.9 Å². The molecule has 0 unspecified atom stereocenters. The number of hydrogen-bond acceptors (Lipinski definition) is 3. The van der Waals surface area contributed by atoms with Crippen molar-refractivity contribution in [3.8, 4) is 5.75 Å². The van der Waals surface area contributed by atoms with Gasteiger partial charge in [-0.1, -0.05) is 6.07 Å². The lowest BCUT2D eigenvalue weighted by molar-refractivity contribution is 0.0529. The van der Waals surface area contributed by atoms with Crippen LogP contribution in [0.15, 0.2) is 30.3 Å². The average molecular weight is 306 g/mol. The fourth-order valence-electron chi connectivity index (χ4n) is 2.43. The van der Waals surface area contributed by atoms with Gasteiger partial charge in [-0.05, 0) is 37.1 Å². The van der Waals surface area contributed by atoms with E-state index in [2.05, 4.69) is 4.98 Å². The Balaban J connectivity index is 1.89. The third kappa shape index (κ3) is 3.00. The molecule has 1 saturated carbocycles. The molecular weight excluding hydrogens is 290 g/mol. The van der Waals surface area contributed by atoms with E-state index >= 15 is 0 Å². The van der Waals surface area contributed by atoms with E-state index in [4.69, 9.17) is 4.74 Å². The van der Waals surface area contributed by atoms with Crippen LogP contribution in [-0.2, 0) is 0 Å². The third-order valence-corrected chi connectivity index (χ3v) is 3.70. The van der Waals surface area contributed by atoms with Crippen molar-refractivity contribution < 1.29 is 18.3 Å². The predicted molar refractivity (Wildman–Crippen MR) is 78.4 cm³/mol. The second-order valence-electron chi connectivity index (χ2n) is 5.33. The quantitative estimate of drug-likeness (QED) is 0.852. The highest BCUT2D eigenvalue weighted by Gasteiger charge is 2.35. The van der Waals surface area contributed by atoms with Crippen molar-refractivity contribution in [3.05, 3.63) is 36.0 Å². The van der Waals surface area contributed by atoms with Gasteiger partial charge in [-0.3, -0.25) is 4.79 Å². The SMILES string of the molecule is COc1ccc2nc(C(=O)N(CC(F)F)C3CC3)ccc2c1. The molecule has 1 aromatic carbocycles. The van der Waals surface area contributed by atoms with Gasteiger partial charge in [0.15, 0.2) is 0 Å². The molecule has 0 saturated heterocycles. The number of carbonyl (C=O) groups excluding carboxylic acids is 1. The monoisotopic (exact) mass is 306 g/mol. The lowest BCUT2D eigenvalue weighted by Gasteiger charge is -2.21. The van der Waals surface area contributed by atoms with Gasteiger partial charge >= 0.3 is 0 Å².